The quantitative estimate of drug-likeness (QED) is 0.435. The van der Waals surface area contributed by atoms with Crippen LogP contribution in [0.15, 0.2) is 78.9 Å². The zero-order chi connectivity index (χ0) is 20.5. The minimum absolute atomic E-state index is 0.0469. The van der Waals surface area contributed by atoms with Crippen molar-refractivity contribution in [2.75, 3.05) is 18.5 Å². The van der Waals surface area contributed by atoms with E-state index < -0.39 is 10.8 Å². The Morgan fingerprint density at radius 2 is 1.69 bits per heavy atom. The van der Waals surface area contributed by atoms with Crippen LogP contribution >= 0.6 is 0 Å². The Kier molecular flexibility index (Phi) is 6.78. The van der Waals surface area contributed by atoms with Gasteiger partial charge in [0.1, 0.15) is 5.75 Å². The Labute approximate surface area is 168 Å². The van der Waals surface area contributed by atoms with Crippen molar-refractivity contribution in [2.45, 2.75) is 6.42 Å². The number of nitrogens with one attached hydrogen (secondary N) is 1. The molecule has 0 spiro atoms. The molecule has 0 fully saturated rings. The second-order valence-corrected chi connectivity index (χ2v) is 6.17. The molecular weight excluding hydrogens is 372 g/mol. The number of hydrogen-bond donors (Lipinski definition) is 1. The van der Waals surface area contributed by atoms with Gasteiger partial charge in [-0.05, 0) is 23.8 Å². The van der Waals surface area contributed by atoms with E-state index in [-0.39, 0.29) is 18.0 Å². The number of carbonyl (C=O) groups is 1. The third-order valence-corrected chi connectivity index (χ3v) is 4.04. The molecule has 1 amide bonds. The molecule has 0 unspecified atom stereocenters. The van der Waals surface area contributed by atoms with E-state index in [1.165, 1.54) is 23.8 Å². The third-order valence-electron chi connectivity index (χ3n) is 4.04. The summed E-state index contributed by atoms with van der Waals surface area (Å²) in [6.45, 7) is 0.173. The van der Waals surface area contributed by atoms with Crippen LogP contribution in [-0.4, -0.2) is 24.0 Å². The van der Waals surface area contributed by atoms with Gasteiger partial charge in [0, 0.05) is 24.2 Å². The van der Waals surface area contributed by atoms with Crippen LogP contribution < -0.4 is 14.8 Å². The number of nitrogens with zero attached hydrogens (tertiary/aromatic N) is 1. The summed E-state index contributed by atoms with van der Waals surface area (Å²) in [5.41, 5.74) is 1.55. The summed E-state index contributed by atoms with van der Waals surface area (Å²) in [5.74, 6) is 0.258. The number of nitro benzene ring substituents is 1. The van der Waals surface area contributed by atoms with Crippen molar-refractivity contribution in [3.8, 4) is 11.5 Å². The molecule has 0 aromatic heterocycles. The summed E-state index contributed by atoms with van der Waals surface area (Å²) >= 11 is 0. The smallest absolute Gasteiger partial charge is 0.310 e. The summed E-state index contributed by atoms with van der Waals surface area (Å²) in [7, 11) is 0. The van der Waals surface area contributed by atoms with Crippen molar-refractivity contribution in [1.82, 2.24) is 0 Å². The van der Waals surface area contributed by atoms with Gasteiger partial charge in [0.2, 0.25) is 0 Å². The van der Waals surface area contributed by atoms with Gasteiger partial charge < -0.3 is 14.8 Å². The van der Waals surface area contributed by atoms with Crippen LogP contribution in [0, 0.1) is 10.1 Å². The molecule has 0 heterocycles. The standard InChI is InChI=1S/C22H20N2O5/c25-22(16-29-21-12-5-4-11-20(21)24(26)27)23-18-9-6-10-19(15-18)28-14-13-17-7-2-1-3-8-17/h1-12,15H,13-14,16H2,(H,23,25). The number of para-hydroxylation sites is 2. The van der Waals surface area contributed by atoms with Gasteiger partial charge in [0.15, 0.2) is 12.4 Å². The molecule has 3 rings (SSSR count). The van der Waals surface area contributed by atoms with Gasteiger partial charge in [0.25, 0.3) is 5.91 Å². The molecule has 0 radical (unpaired) electrons. The van der Waals surface area contributed by atoms with Crippen molar-refractivity contribution in [3.63, 3.8) is 0 Å². The molecule has 0 aliphatic carbocycles. The van der Waals surface area contributed by atoms with Gasteiger partial charge in [-0.1, -0.05) is 48.5 Å². The molecule has 29 heavy (non-hydrogen) atoms. The van der Waals surface area contributed by atoms with Crippen molar-refractivity contribution in [2.24, 2.45) is 0 Å². The molecule has 7 heteroatoms. The normalized spacial score (nSPS) is 10.2. The average molecular weight is 392 g/mol. The lowest BCUT2D eigenvalue weighted by atomic mass is 10.2. The first-order valence-electron chi connectivity index (χ1n) is 9.04. The van der Waals surface area contributed by atoms with Crippen LogP contribution in [0.4, 0.5) is 11.4 Å². The summed E-state index contributed by atoms with van der Waals surface area (Å²) < 4.78 is 11.0. The Hall–Kier alpha value is -3.87. The van der Waals surface area contributed by atoms with E-state index in [1.807, 2.05) is 36.4 Å². The fourth-order valence-electron chi connectivity index (χ4n) is 2.67. The first-order chi connectivity index (χ1) is 14.1. The zero-order valence-electron chi connectivity index (χ0n) is 15.6. The predicted octanol–water partition coefficient (Wildman–Crippen LogP) is 4.23. The van der Waals surface area contributed by atoms with E-state index in [4.69, 9.17) is 9.47 Å². The highest BCUT2D eigenvalue weighted by Gasteiger charge is 2.15. The first kappa shape index (κ1) is 19.9. The van der Waals surface area contributed by atoms with Crippen molar-refractivity contribution < 1.29 is 19.2 Å². The maximum absolute atomic E-state index is 12.1. The molecule has 0 saturated heterocycles. The predicted molar refractivity (Wildman–Crippen MR) is 109 cm³/mol. The molecule has 0 saturated carbocycles. The maximum Gasteiger partial charge on any atom is 0.310 e. The van der Waals surface area contributed by atoms with Gasteiger partial charge >= 0.3 is 5.69 Å². The molecule has 7 nitrogen and oxygen atoms in total. The fraction of sp³-hybridized carbons (Fsp3) is 0.136. The summed E-state index contributed by atoms with van der Waals surface area (Å²) in [6, 6.07) is 23.0. The monoisotopic (exact) mass is 392 g/mol. The van der Waals surface area contributed by atoms with Crippen LogP contribution in [-0.2, 0) is 11.2 Å². The summed E-state index contributed by atoms with van der Waals surface area (Å²) in [6.07, 6.45) is 0.779. The molecule has 3 aromatic rings. The topological polar surface area (TPSA) is 90.7 Å². The molecule has 3 aromatic carbocycles. The highest BCUT2D eigenvalue weighted by Crippen LogP contribution is 2.25. The lowest BCUT2D eigenvalue weighted by Gasteiger charge is -2.10. The third kappa shape index (κ3) is 6.07. The highest BCUT2D eigenvalue weighted by molar-refractivity contribution is 5.92. The number of rotatable bonds is 9. The lowest BCUT2D eigenvalue weighted by Crippen LogP contribution is -2.20. The van der Waals surface area contributed by atoms with Gasteiger partial charge in [0.05, 0.1) is 11.5 Å². The summed E-state index contributed by atoms with van der Waals surface area (Å²) in [4.78, 5) is 22.6. The number of carbonyl (C=O) groups excluding carboxylic acids is 1. The average Bonchev–Trinajstić information content (AvgIpc) is 2.73. The highest BCUT2D eigenvalue weighted by atomic mass is 16.6. The van der Waals surface area contributed by atoms with Crippen LogP contribution in [0.25, 0.3) is 0 Å². The molecule has 0 aliphatic rings. The first-order valence-corrected chi connectivity index (χ1v) is 9.04. The minimum Gasteiger partial charge on any atom is -0.493 e. The molecular formula is C22H20N2O5. The Balaban J connectivity index is 1.50. The second kappa shape index (κ2) is 9.89. The SMILES string of the molecule is O=C(COc1ccccc1[N+](=O)[O-])Nc1cccc(OCCc2ccccc2)c1. The van der Waals surface area contributed by atoms with Gasteiger partial charge in [-0.15, -0.1) is 0 Å². The van der Waals surface area contributed by atoms with Crippen LogP contribution in [0.2, 0.25) is 0 Å². The zero-order valence-corrected chi connectivity index (χ0v) is 15.6. The van der Waals surface area contributed by atoms with E-state index in [0.29, 0.717) is 18.0 Å². The molecule has 0 aliphatic heterocycles. The molecule has 148 valence electrons. The Morgan fingerprint density at radius 1 is 0.931 bits per heavy atom. The van der Waals surface area contributed by atoms with Gasteiger partial charge in [-0.3, -0.25) is 14.9 Å². The number of ether oxygens (including phenoxy) is 2. The summed E-state index contributed by atoms with van der Waals surface area (Å²) in [5, 5.41) is 13.7. The number of benzene rings is 3. The number of hydrogen-bond acceptors (Lipinski definition) is 5. The molecule has 0 atom stereocenters. The van der Waals surface area contributed by atoms with Crippen LogP contribution in [0.1, 0.15) is 5.56 Å². The van der Waals surface area contributed by atoms with Gasteiger partial charge in [-0.25, -0.2) is 0 Å². The number of anilines is 1. The lowest BCUT2D eigenvalue weighted by molar-refractivity contribution is -0.385. The Bertz CT molecular complexity index is 976. The van der Waals surface area contributed by atoms with Gasteiger partial charge in [-0.2, -0.15) is 0 Å². The minimum atomic E-state index is -0.552. The van der Waals surface area contributed by atoms with E-state index in [9.17, 15) is 14.9 Å². The van der Waals surface area contributed by atoms with E-state index in [2.05, 4.69) is 5.32 Å². The van der Waals surface area contributed by atoms with Crippen LogP contribution in [0.3, 0.4) is 0 Å². The molecule has 0 bridgehead atoms. The molecule has 1 N–H and O–H groups in total. The van der Waals surface area contributed by atoms with Crippen molar-refractivity contribution >= 4 is 17.3 Å². The van der Waals surface area contributed by atoms with E-state index >= 15 is 0 Å². The maximum atomic E-state index is 12.1. The second-order valence-electron chi connectivity index (χ2n) is 6.17. The fourth-order valence-corrected chi connectivity index (χ4v) is 2.67. The number of amides is 1. The van der Waals surface area contributed by atoms with Crippen molar-refractivity contribution in [1.29, 1.82) is 0 Å². The van der Waals surface area contributed by atoms with Crippen molar-refractivity contribution in [3.05, 3.63) is 94.5 Å². The largest absolute Gasteiger partial charge is 0.493 e. The Morgan fingerprint density at radius 3 is 2.48 bits per heavy atom. The van der Waals surface area contributed by atoms with Crippen LogP contribution in [0.5, 0.6) is 11.5 Å². The van der Waals surface area contributed by atoms with E-state index in [0.717, 1.165) is 6.42 Å². The number of nitro groups is 1. The van der Waals surface area contributed by atoms with E-state index in [1.54, 1.807) is 24.3 Å².